The van der Waals surface area contributed by atoms with E-state index >= 15 is 0 Å². The normalized spacial score (nSPS) is 14.8. The number of nitrogens with one attached hydrogen (secondary N) is 1. The first-order valence-corrected chi connectivity index (χ1v) is 16.0. The molecule has 0 saturated heterocycles. The minimum atomic E-state index is -4.14. The van der Waals surface area contributed by atoms with Crippen LogP contribution in [0, 0.1) is 12.8 Å². The molecule has 10 nitrogen and oxygen atoms in total. The molecular weight excluding hydrogens is 620 g/mol. The van der Waals surface area contributed by atoms with Crippen LogP contribution in [0.1, 0.15) is 28.3 Å². The SMILES string of the molecule is Cc1ccc(S(=O)(=O)N(Cc2ccc3c(c2)OCO3)CC(C(=O)O)C(NCc2ccc3c(c2)OCO3)c2ccc(Cl)cc2)cc1. The number of ether oxygens (including phenoxy) is 4. The van der Waals surface area contributed by atoms with Gasteiger partial charge in [-0.05, 0) is 72.1 Å². The smallest absolute Gasteiger partial charge is 0.309 e. The van der Waals surface area contributed by atoms with Crippen molar-refractivity contribution in [3.63, 3.8) is 0 Å². The van der Waals surface area contributed by atoms with E-state index in [1.54, 1.807) is 60.7 Å². The topological polar surface area (TPSA) is 124 Å². The van der Waals surface area contributed by atoms with E-state index in [9.17, 15) is 18.3 Å². The van der Waals surface area contributed by atoms with Crippen LogP contribution < -0.4 is 24.3 Å². The maximum absolute atomic E-state index is 14.1. The molecule has 2 atom stereocenters. The Balaban J connectivity index is 1.35. The summed E-state index contributed by atoms with van der Waals surface area (Å²) in [6, 6.07) is 23.2. The van der Waals surface area contributed by atoms with Gasteiger partial charge >= 0.3 is 5.97 Å². The maximum atomic E-state index is 14.1. The average Bonchev–Trinajstić information content (AvgIpc) is 3.70. The summed E-state index contributed by atoms with van der Waals surface area (Å²) in [6.07, 6.45) is 0. The zero-order chi connectivity index (χ0) is 31.6. The van der Waals surface area contributed by atoms with Crippen LogP contribution in [0.25, 0.3) is 0 Å². The van der Waals surface area contributed by atoms with E-state index in [1.807, 2.05) is 19.1 Å². The number of fused-ring (bicyclic) bond motifs is 2. The predicted octanol–water partition coefficient (Wildman–Crippen LogP) is 5.53. The molecule has 2 aliphatic heterocycles. The quantitative estimate of drug-likeness (QED) is 0.204. The van der Waals surface area contributed by atoms with Crippen molar-refractivity contribution in [1.82, 2.24) is 9.62 Å². The zero-order valence-electron chi connectivity index (χ0n) is 24.3. The highest BCUT2D eigenvalue weighted by Crippen LogP contribution is 2.35. The maximum Gasteiger partial charge on any atom is 0.309 e. The second kappa shape index (κ2) is 13.0. The van der Waals surface area contributed by atoms with Gasteiger partial charge in [-0.1, -0.05) is 53.6 Å². The van der Waals surface area contributed by atoms with E-state index in [2.05, 4.69) is 5.32 Å². The number of carbonyl (C=O) groups is 1. The third kappa shape index (κ3) is 6.86. The minimum absolute atomic E-state index is 0.0642. The molecule has 0 spiro atoms. The molecule has 45 heavy (non-hydrogen) atoms. The number of carboxylic acids is 1. The van der Waals surface area contributed by atoms with E-state index in [0.717, 1.165) is 11.1 Å². The molecule has 4 aromatic carbocycles. The summed E-state index contributed by atoms with van der Waals surface area (Å²) >= 11 is 6.17. The Hall–Kier alpha value is -4.29. The molecule has 0 fully saturated rings. The van der Waals surface area contributed by atoms with E-state index < -0.39 is 28.0 Å². The number of aliphatic carboxylic acids is 1. The van der Waals surface area contributed by atoms with Gasteiger partial charge < -0.3 is 29.4 Å². The van der Waals surface area contributed by atoms with Crippen molar-refractivity contribution >= 4 is 27.6 Å². The fourth-order valence-electron chi connectivity index (χ4n) is 5.34. The van der Waals surface area contributed by atoms with Crippen molar-refractivity contribution in [3.05, 3.63) is 112 Å². The molecule has 2 aliphatic rings. The van der Waals surface area contributed by atoms with Gasteiger partial charge in [0.1, 0.15) is 0 Å². The van der Waals surface area contributed by atoms with Gasteiger partial charge in [-0.25, -0.2) is 8.42 Å². The molecule has 0 amide bonds. The Labute approximate surface area is 266 Å². The van der Waals surface area contributed by atoms with Crippen LogP contribution in [0.4, 0.5) is 0 Å². The molecule has 12 heteroatoms. The predicted molar refractivity (Wildman–Crippen MR) is 166 cm³/mol. The van der Waals surface area contributed by atoms with Gasteiger partial charge in [-0.3, -0.25) is 4.79 Å². The highest BCUT2D eigenvalue weighted by molar-refractivity contribution is 7.89. The fraction of sp³-hybridized carbons (Fsp3) is 0.242. The number of rotatable bonds is 12. The second-order valence-corrected chi connectivity index (χ2v) is 13.2. The highest BCUT2D eigenvalue weighted by atomic mass is 35.5. The third-order valence-corrected chi connectivity index (χ3v) is 9.84. The molecule has 0 bridgehead atoms. The number of sulfonamides is 1. The summed E-state index contributed by atoms with van der Waals surface area (Å²) in [4.78, 5) is 13.1. The summed E-state index contributed by atoms with van der Waals surface area (Å²) < 4.78 is 51.3. The van der Waals surface area contributed by atoms with Crippen LogP contribution >= 0.6 is 11.6 Å². The van der Waals surface area contributed by atoms with Gasteiger partial charge in [0.25, 0.3) is 0 Å². The average molecular weight is 651 g/mol. The Morgan fingerprint density at radius 3 is 2.04 bits per heavy atom. The zero-order valence-corrected chi connectivity index (χ0v) is 25.9. The van der Waals surface area contributed by atoms with E-state index in [-0.39, 0.29) is 38.1 Å². The van der Waals surface area contributed by atoms with Crippen molar-refractivity contribution < 1.29 is 37.3 Å². The lowest BCUT2D eigenvalue weighted by Gasteiger charge is -2.31. The molecular formula is C33H31ClN2O8S. The standard InChI is InChI=1S/C33H31ClN2O8S/c1-21-2-10-26(11-3-21)45(39,40)36(17-23-5-13-29-31(15-23)44-20-42-29)18-27(33(37)38)32(24-6-8-25(34)9-7-24)35-16-22-4-12-28-30(14-22)43-19-41-28/h2-15,27,32,35H,16-20H2,1H3,(H,37,38). The first kappa shape index (κ1) is 30.7. The summed E-state index contributed by atoms with van der Waals surface area (Å²) in [5, 5.41) is 14.5. The van der Waals surface area contributed by atoms with Crippen LogP contribution in [0.5, 0.6) is 23.0 Å². The van der Waals surface area contributed by atoms with Gasteiger partial charge in [0.05, 0.1) is 10.8 Å². The number of halogens is 1. The Morgan fingerprint density at radius 1 is 0.844 bits per heavy atom. The van der Waals surface area contributed by atoms with Gasteiger partial charge in [-0.2, -0.15) is 4.31 Å². The molecule has 2 heterocycles. The number of hydrogen-bond donors (Lipinski definition) is 2. The first-order valence-electron chi connectivity index (χ1n) is 14.2. The summed E-state index contributed by atoms with van der Waals surface area (Å²) in [5.41, 5.74) is 3.00. The number of aryl methyl sites for hydroxylation is 1. The van der Waals surface area contributed by atoms with Crippen molar-refractivity contribution in [2.45, 2.75) is 31.0 Å². The lowest BCUT2D eigenvalue weighted by atomic mass is 9.92. The molecule has 2 N–H and O–H groups in total. The van der Waals surface area contributed by atoms with Crippen LogP contribution in [-0.2, 0) is 27.9 Å². The van der Waals surface area contributed by atoms with Crippen molar-refractivity contribution in [3.8, 4) is 23.0 Å². The van der Waals surface area contributed by atoms with E-state index in [0.29, 0.717) is 39.1 Å². The second-order valence-electron chi connectivity index (χ2n) is 10.8. The molecule has 0 radical (unpaired) electrons. The Bertz CT molecular complexity index is 1800. The van der Waals surface area contributed by atoms with Crippen molar-refractivity contribution in [2.24, 2.45) is 5.92 Å². The monoisotopic (exact) mass is 650 g/mol. The number of hydrogen-bond acceptors (Lipinski definition) is 8. The highest BCUT2D eigenvalue weighted by Gasteiger charge is 2.36. The first-order chi connectivity index (χ1) is 21.7. The lowest BCUT2D eigenvalue weighted by molar-refractivity contribution is -0.143. The molecule has 234 valence electrons. The van der Waals surface area contributed by atoms with Crippen LogP contribution in [0.2, 0.25) is 5.02 Å². The molecule has 2 unspecified atom stereocenters. The molecule has 0 aliphatic carbocycles. The minimum Gasteiger partial charge on any atom is -0.481 e. The molecule has 4 aromatic rings. The molecule has 0 aromatic heterocycles. The lowest BCUT2D eigenvalue weighted by Crippen LogP contribution is -2.43. The third-order valence-electron chi connectivity index (χ3n) is 7.77. The fourth-order valence-corrected chi connectivity index (χ4v) is 6.92. The van der Waals surface area contributed by atoms with Gasteiger partial charge in [0.2, 0.25) is 23.6 Å². The number of benzene rings is 4. The van der Waals surface area contributed by atoms with E-state index in [4.69, 9.17) is 30.5 Å². The van der Waals surface area contributed by atoms with Gasteiger partial charge in [0, 0.05) is 30.7 Å². The van der Waals surface area contributed by atoms with Gasteiger partial charge in [0.15, 0.2) is 23.0 Å². The van der Waals surface area contributed by atoms with Gasteiger partial charge in [-0.15, -0.1) is 0 Å². The Morgan fingerprint density at radius 2 is 1.42 bits per heavy atom. The molecule has 6 rings (SSSR count). The number of carboxylic acid groups (broad SMARTS) is 1. The largest absolute Gasteiger partial charge is 0.481 e. The van der Waals surface area contributed by atoms with Crippen LogP contribution in [0.3, 0.4) is 0 Å². The Kier molecular flexibility index (Phi) is 8.86. The summed E-state index contributed by atoms with van der Waals surface area (Å²) in [6.45, 7) is 1.93. The van der Waals surface area contributed by atoms with Crippen LogP contribution in [0.15, 0.2) is 89.8 Å². The number of nitrogens with zero attached hydrogens (tertiary/aromatic N) is 1. The summed E-state index contributed by atoms with van der Waals surface area (Å²) in [5.74, 6) is -0.0644. The summed E-state index contributed by atoms with van der Waals surface area (Å²) in [7, 11) is -4.14. The van der Waals surface area contributed by atoms with Crippen molar-refractivity contribution in [1.29, 1.82) is 0 Å². The van der Waals surface area contributed by atoms with E-state index in [1.165, 1.54) is 16.4 Å². The molecule has 0 saturated carbocycles. The van der Waals surface area contributed by atoms with Crippen LogP contribution in [-0.4, -0.2) is 43.9 Å². The van der Waals surface area contributed by atoms with Crippen molar-refractivity contribution in [2.75, 3.05) is 20.1 Å².